The van der Waals surface area contributed by atoms with Crippen molar-refractivity contribution in [2.45, 2.75) is 51.8 Å². The molecule has 2 aromatic rings. The number of ether oxygens (including phenoxy) is 1. The Balaban J connectivity index is 1.97. The smallest absolute Gasteiger partial charge is 0.410 e. The molecule has 0 N–H and O–H groups in total. The zero-order valence-corrected chi connectivity index (χ0v) is 15.3. The quantitative estimate of drug-likeness (QED) is 0.739. The summed E-state index contributed by atoms with van der Waals surface area (Å²) in [6.07, 6.45) is 1.52. The molecular formula is C18H22ClFN2O2. The molecule has 0 radical (unpaired) electrons. The van der Waals surface area contributed by atoms with E-state index in [4.69, 9.17) is 16.3 Å². The van der Waals surface area contributed by atoms with Gasteiger partial charge in [0.15, 0.2) is 0 Å². The maximum absolute atomic E-state index is 14.2. The molecule has 24 heavy (non-hydrogen) atoms. The zero-order chi connectivity index (χ0) is 17.8. The maximum Gasteiger partial charge on any atom is 0.410 e. The van der Waals surface area contributed by atoms with Gasteiger partial charge in [0.2, 0.25) is 0 Å². The van der Waals surface area contributed by atoms with E-state index in [1.165, 1.54) is 6.07 Å². The van der Waals surface area contributed by atoms with Gasteiger partial charge in [0, 0.05) is 31.1 Å². The Morgan fingerprint density at radius 3 is 2.75 bits per heavy atom. The van der Waals surface area contributed by atoms with E-state index >= 15 is 0 Å². The fourth-order valence-electron chi connectivity index (χ4n) is 3.36. The Hall–Kier alpha value is -1.75. The molecule has 1 amide bonds. The van der Waals surface area contributed by atoms with Crippen LogP contribution >= 0.6 is 11.6 Å². The monoisotopic (exact) mass is 352 g/mol. The molecule has 0 saturated heterocycles. The number of carbonyl (C=O) groups is 1. The first-order valence-corrected chi connectivity index (χ1v) is 8.40. The van der Waals surface area contributed by atoms with E-state index in [-0.39, 0.29) is 23.1 Å². The van der Waals surface area contributed by atoms with Crippen LogP contribution in [0.1, 0.15) is 39.2 Å². The Bertz CT molecular complexity index is 809. The van der Waals surface area contributed by atoms with Crippen molar-refractivity contribution in [1.29, 1.82) is 0 Å². The van der Waals surface area contributed by atoms with E-state index in [9.17, 15) is 9.18 Å². The largest absolute Gasteiger partial charge is 0.444 e. The lowest BCUT2D eigenvalue weighted by molar-refractivity contribution is 0.0181. The molecule has 2 atom stereocenters. The molecule has 4 nitrogen and oxygen atoms in total. The van der Waals surface area contributed by atoms with E-state index in [2.05, 4.69) is 0 Å². The lowest BCUT2D eigenvalue weighted by Gasteiger charge is -2.38. The van der Waals surface area contributed by atoms with Gasteiger partial charge in [-0.25, -0.2) is 9.18 Å². The molecule has 3 rings (SSSR count). The fraction of sp³-hybridized carbons (Fsp3) is 0.500. The number of halogens is 2. The maximum atomic E-state index is 14.2. The molecule has 130 valence electrons. The molecule has 1 aliphatic rings. The summed E-state index contributed by atoms with van der Waals surface area (Å²) in [5.41, 5.74) is 1.26. The molecule has 1 aromatic carbocycles. The summed E-state index contributed by atoms with van der Waals surface area (Å²) in [4.78, 5) is 14.0. The number of benzene rings is 1. The standard InChI is InChI=1S/C18H22ClFN2O2/c1-10-12-8-13(20)15(19)11-6-7-22(16(11)12)9-14(10)21(5)17(23)24-18(2,3)4/h6-8,10,14H,9H2,1-5H3/t10-,14+/m0/s1. The number of nitrogens with zero attached hydrogens (tertiary/aromatic N) is 2. The molecule has 0 aliphatic carbocycles. The highest BCUT2D eigenvalue weighted by Gasteiger charge is 2.35. The van der Waals surface area contributed by atoms with Gasteiger partial charge in [0.05, 0.1) is 16.6 Å². The van der Waals surface area contributed by atoms with Crippen LogP contribution in [-0.4, -0.2) is 34.3 Å². The van der Waals surface area contributed by atoms with Gasteiger partial charge in [-0.15, -0.1) is 0 Å². The number of rotatable bonds is 1. The van der Waals surface area contributed by atoms with Crippen molar-refractivity contribution >= 4 is 28.6 Å². The van der Waals surface area contributed by atoms with Gasteiger partial charge in [-0.1, -0.05) is 18.5 Å². The summed E-state index contributed by atoms with van der Waals surface area (Å²) in [5.74, 6) is -0.455. The molecule has 0 fully saturated rings. The molecular weight excluding hydrogens is 331 g/mol. The fourth-order valence-corrected chi connectivity index (χ4v) is 3.57. The Morgan fingerprint density at radius 1 is 1.46 bits per heavy atom. The number of amides is 1. The molecule has 2 heterocycles. The Labute approximate surface area is 146 Å². The van der Waals surface area contributed by atoms with Crippen LogP contribution in [-0.2, 0) is 11.3 Å². The number of aromatic nitrogens is 1. The summed E-state index contributed by atoms with van der Waals surface area (Å²) in [7, 11) is 1.73. The second kappa shape index (κ2) is 5.66. The first-order valence-electron chi connectivity index (χ1n) is 8.02. The van der Waals surface area contributed by atoms with E-state index in [1.807, 2.05) is 44.5 Å². The van der Waals surface area contributed by atoms with Crippen molar-refractivity contribution in [1.82, 2.24) is 9.47 Å². The third-order valence-corrected chi connectivity index (χ3v) is 4.98. The van der Waals surface area contributed by atoms with E-state index in [1.54, 1.807) is 11.9 Å². The van der Waals surface area contributed by atoms with Crippen LogP contribution in [0.2, 0.25) is 5.02 Å². The molecule has 0 bridgehead atoms. The molecule has 1 aromatic heterocycles. The van der Waals surface area contributed by atoms with Gasteiger partial charge >= 0.3 is 6.09 Å². The van der Waals surface area contributed by atoms with Crippen LogP contribution in [0.4, 0.5) is 9.18 Å². The van der Waals surface area contributed by atoms with E-state index < -0.39 is 11.4 Å². The molecule has 0 saturated carbocycles. The molecule has 1 aliphatic heterocycles. The van der Waals surface area contributed by atoms with Gasteiger partial charge in [0.1, 0.15) is 11.4 Å². The first kappa shape index (κ1) is 17.1. The van der Waals surface area contributed by atoms with Gasteiger partial charge in [-0.05, 0) is 38.5 Å². The van der Waals surface area contributed by atoms with Gasteiger partial charge in [-0.2, -0.15) is 0 Å². The Morgan fingerprint density at radius 2 is 2.12 bits per heavy atom. The zero-order valence-electron chi connectivity index (χ0n) is 14.6. The molecule has 0 unspecified atom stereocenters. The topological polar surface area (TPSA) is 34.5 Å². The van der Waals surface area contributed by atoms with Crippen molar-refractivity contribution < 1.29 is 13.9 Å². The summed E-state index contributed by atoms with van der Waals surface area (Å²) < 4.78 is 21.7. The predicted molar refractivity (Wildman–Crippen MR) is 93.1 cm³/mol. The van der Waals surface area contributed by atoms with Crippen LogP contribution in [0, 0.1) is 5.82 Å². The number of hydrogen-bond acceptors (Lipinski definition) is 2. The van der Waals surface area contributed by atoms with Crippen molar-refractivity contribution in [2.24, 2.45) is 0 Å². The van der Waals surface area contributed by atoms with Crippen LogP contribution in [0.5, 0.6) is 0 Å². The van der Waals surface area contributed by atoms with Crippen LogP contribution in [0.3, 0.4) is 0 Å². The highest BCUT2D eigenvalue weighted by molar-refractivity contribution is 6.35. The first-order chi connectivity index (χ1) is 11.1. The van der Waals surface area contributed by atoms with Crippen molar-refractivity contribution in [3.63, 3.8) is 0 Å². The highest BCUT2D eigenvalue weighted by Crippen LogP contribution is 2.40. The average Bonchev–Trinajstić information content (AvgIpc) is 2.89. The summed E-state index contributed by atoms with van der Waals surface area (Å²) >= 11 is 6.09. The average molecular weight is 353 g/mol. The second-order valence-electron chi connectivity index (χ2n) is 7.44. The summed E-state index contributed by atoms with van der Waals surface area (Å²) in [5, 5.41) is 0.871. The number of carbonyl (C=O) groups excluding carboxylic acids is 1. The summed E-state index contributed by atoms with van der Waals surface area (Å²) in [6.45, 7) is 8.14. The number of hydrogen-bond donors (Lipinski definition) is 0. The lowest BCUT2D eigenvalue weighted by atomic mass is 9.88. The van der Waals surface area contributed by atoms with Crippen molar-refractivity contribution in [2.75, 3.05) is 7.05 Å². The van der Waals surface area contributed by atoms with Crippen LogP contribution in [0.15, 0.2) is 18.3 Å². The van der Waals surface area contributed by atoms with Gasteiger partial charge in [-0.3, -0.25) is 0 Å². The van der Waals surface area contributed by atoms with Gasteiger partial charge < -0.3 is 14.2 Å². The highest BCUT2D eigenvalue weighted by atomic mass is 35.5. The minimum absolute atomic E-state index is 0.0285. The number of likely N-dealkylation sites (N-methyl/N-ethyl adjacent to an activating group) is 1. The van der Waals surface area contributed by atoms with Crippen LogP contribution < -0.4 is 0 Å². The minimum atomic E-state index is -0.554. The third kappa shape index (κ3) is 2.75. The van der Waals surface area contributed by atoms with Crippen LogP contribution in [0.25, 0.3) is 10.9 Å². The minimum Gasteiger partial charge on any atom is -0.444 e. The van der Waals surface area contributed by atoms with E-state index in [0.717, 1.165) is 16.5 Å². The van der Waals surface area contributed by atoms with Gasteiger partial charge in [0.25, 0.3) is 0 Å². The summed E-state index contributed by atoms with van der Waals surface area (Å²) in [6, 6.07) is 3.19. The lowest BCUT2D eigenvalue weighted by Crippen LogP contribution is -2.46. The third-order valence-electron chi connectivity index (χ3n) is 4.60. The predicted octanol–water partition coefficient (Wildman–Crippen LogP) is 4.79. The molecule has 0 spiro atoms. The van der Waals surface area contributed by atoms with Crippen molar-refractivity contribution in [3.05, 3.63) is 34.7 Å². The molecule has 6 heteroatoms. The normalized spacial score (nSPS) is 20.3. The van der Waals surface area contributed by atoms with Crippen molar-refractivity contribution in [3.8, 4) is 0 Å². The van der Waals surface area contributed by atoms with E-state index in [0.29, 0.717) is 6.54 Å². The Kier molecular flexibility index (Phi) is 4.03. The SMILES string of the molecule is C[C@H]1c2cc(F)c(Cl)c3ccn(c23)C[C@H]1N(C)C(=O)OC(C)(C)C. The second-order valence-corrected chi connectivity index (χ2v) is 7.82.